The molecule has 1 N–H and O–H groups in total. The zero-order valence-electron chi connectivity index (χ0n) is 17.5. The highest BCUT2D eigenvalue weighted by Crippen LogP contribution is 2.29. The average Bonchev–Trinajstić information content (AvgIpc) is 2.74. The van der Waals surface area contributed by atoms with Crippen molar-refractivity contribution in [3.63, 3.8) is 0 Å². The molecule has 0 aliphatic carbocycles. The molecule has 1 saturated heterocycles. The van der Waals surface area contributed by atoms with E-state index >= 15 is 0 Å². The van der Waals surface area contributed by atoms with Crippen molar-refractivity contribution >= 4 is 33.4 Å². The number of hydrogen-bond donors (Lipinski definition) is 1. The van der Waals surface area contributed by atoms with E-state index in [1.807, 2.05) is 7.05 Å². The lowest BCUT2D eigenvalue weighted by Crippen LogP contribution is -2.58. The van der Waals surface area contributed by atoms with Crippen LogP contribution in [0.1, 0.15) is 13.3 Å². The number of sulfonamides is 1. The molecule has 2 amide bonds. The lowest BCUT2D eigenvalue weighted by Gasteiger charge is -2.41. The van der Waals surface area contributed by atoms with Gasteiger partial charge in [0.1, 0.15) is 11.4 Å². The molecule has 3 heterocycles. The number of carbonyl (C=O) groups excluding carboxylic acids is 2. The van der Waals surface area contributed by atoms with Crippen molar-refractivity contribution in [2.45, 2.75) is 23.8 Å². The molecule has 3 aliphatic rings. The standard InChI is InChI=1S/C21H25N5O4S/c1-21(15-19(27)23-18-5-3-4-10-26(18)21)20(28)22-16-6-8-17(9-7-16)31(29,30)25-13-11-24(2)12-14-25/h3-10H,11-15H2,1-2H3,(H,22,28). The molecule has 0 saturated carbocycles. The molecule has 0 spiro atoms. The normalized spacial score (nSPS) is 24.6. The number of aliphatic imine (C=N–C) groups is 1. The second-order valence-corrected chi connectivity index (χ2v) is 10.0. The van der Waals surface area contributed by atoms with Gasteiger partial charge in [0.15, 0.2) is 0 Å². The number of nitrogens with one attached hydrogen (secondary N) is 1. The molecule has 1 aromatic carbocycles. The lowest BCUT2D eigenvalue weighted by atomic mass is 9.91. The highest BCUT2D eigenvalue weighted by Gasteiger charge is 2.45. The van der Waals surface area contributed by atoms with Gasteiger partial charge in [-0.1, -0.05) is 6.08 Å². The summed E-state index contributed by atoms with van der Waals surface area (Å²) in [5.41, 5.74) is -0.684. The molecule has 9 nitrogen and oxygen atoms in total. The van der Waals surface area contributed by atoms with Gasteiger partial charge in [0.25, 0.3) is 11.8 Å². The fourth-order valence-electron chi connectivity index (χ4n) is 3.83. The van der Waals surface area contributed by atoms with E-state index in [1.165, 1.54) is 16.4 Å². The van der Waals surface area contributed by atoms with Gasteiger partial charge in [-0.3, -0.25) is 9.59 Å². The number of amidine groups is 1. The third kappa shape index (κ3) is 4.06. The third-order valence-corrected chi connectivity index (χ3v) is 7.72. The van der Waals surface area contributed by atoms with Crippen molar-refractivity contribution in [1.29, 1.82) is 0 Å². The van der Waals surface area contributed by atoms with Gasteiger partial charge in [-0.2, -0.15) is 9.30 Å². The Kier molecular flexibility index (Phi) is 5.54. The Labute approximate surface area is 181 Å². The lowest BCUT2D eigenvalue weighted by molar-refractivity contribution is -0.130. The molecular weight excluding hydrogens is 418 g/mol. The zero-order chi connectivity index (χ0) is 22.2. The highest BCUT2D eigenvalue weighted by molar-refractivity contribution is 7.89. The molecule has 1 aromatic rings. The van der Waals surface area contributed by atoms with Crippen LogP contribution in [0.15, 0.2) is 58.6 Å². The van der Waals surface area contributed by atoms with Crippen LogP contribution >= 0.6 is 0 Å². The Bertz CT molecular complexity index is 1090. The molecular formula is C21H25N5O4S. The minimum atomic E-state index is -3.58. The van der Waals surface area contributed by atoms with Crippen LogP contribution in [0.2, 0.25) is 0 Å². The van der Waals surface area contributed by atoms with Gasteiger partial charge in [0, 0.05) is 38.1 Å². The Morgan fingerprint density at radius 2 is 1.77 bits per heavy atom. The predicted molar refractivity (Wildman–Crippen MR) is 117 cm³/mol. The van der Waals surface area contributed by atoms with E-state index in [1.54, 1.807) is 48.4 Å². The molecule has 1 atom stereocenters. The van der Waals surface area contributed by atoms with Gasteiger partial charge in [-0.25, -0.2) is 8.42 Å². The summed E-state index contributed by atoms with van der Waals surface area (Å²) >= 11 is 0. The number of piperazine rings is 1. The number of fused-ring (bicyclic) bond motifs is 1. The molecule has 0 aromatic heterocycles. The van der Waals surface area contributed by atoms with Crippen molar-refractivity contribution in [1.82, 2.24) is 14.1 Å². The van der Waals surface area contributed by atoms with E-state index in [4.69, 9.17) is 0 Å². The van der Waals surface area contributed by atoms with Crippen molar-refractivity contribution in [2.24, 2.45) is 4.99 Å². The molecule has 0 radical (unpaired) electrons. The second-order valence-electron chi connectivity index (χ2n) is 8.07. The molecule has 164 valence electrons. The van der Waals surface area contributed by atoms with Crippen LogP contribution in [-0.2, 0) is 19.6 Å². The van der Waals surface area contributed by atoms with Gasteiger partial charge in [0.05, 0.1) is 11.3 Å². The number of benzene rings is 1. The molecule has 1 fully saturated rings. The minimum absolute atomic E-state index is 0.0591. The Balaban J connectivity index is 1.50. The maximum Gasteiger partial charge on any atom is 0.250 e. The minimum Gasteiger partial charge on any atom is -0.324 e. The van der Waals surface area contributed by atoms with Crippen LogP contribution in [-0.4, -0.2) is 78.9 Å². The van der Waals surface area contributed by atoms with Crippen LogP contribution in [0.25, 0.3) is 0 Å². The number of rotatable bonds is 4. The summed E-state index contributed by atoms with van der Waals surface area (Å²) in [6, 6.07) is 6.12. The summed E-state index contributed by atoms with van der Waals surface area (Å²) in [6.07, 6.45) is 6.87. The van der Waals surface area contributed by atoms with E-state index in [0.717, 1.165) is 0 Å². The van der Waals surface area contributed by atoms with Crippen molar-refractivity contribution in [3.8, 4) is 0 Å². The first kappa shape index (κ1) is 21.4. The summed E-state index contributed by atoms with van der Waals surface area (Å²) < 4.78 is 27.2. The van der Waals surface area contributed by atoms with Gasteiger partial charge >= 0.3 is 0 Å². The number of likely N-dealkylation sites (N-methyl/N-ethyl adjacent to an activating group) is 1. The van der Waals surface area contributed by atoms with Crippen LogP contribution in [0.4, 0.5) is 5.69 Å². The van der Waals surface area contributed by atoms with Crippen molar-refractivity contribution in [2.75, 3.05) is 38.5 Å². The number of hydrogen-bond acceptors (Lipinski definition) is 6. The number of nitrogens with zero attached hydrogens (tertiary/aromatic N) is 4. The molecule has 0 bridgehead atoms. The monoisotopic (exact) mass is 443 g/mol. The maximum atomic E-state index is 13.1. The molecule has 31 heavy (non-hydrogen) atoms. The predicted octanol–water partition coefficient (Wildman–Crippen LogP) is 1.03. The number of carbonyl (C=O) groups is 2. The fraction of sp³-hybridized carbons (Fsp3) is 0.381. The Hall–Kier alpha value is -2.82. The van der Waals surface area contributed by atoms with Gasteiger partial charge in [0.2, 0.25) is 10.0 Å². The van der Waals surface area contributed by atoms with Crippen molar-refractivity contribution in [3.05, 3.63) is 48.7 Å². The first-order valence-electron chi connectivity index (χ1n) is 10.1. The molecule has 3 aliphatic heterocycles. The first-order chi connectivity index (χ1) is 14.7. The van der Waals surface area contributed by atoms with E-state index in [0.29, 0.717) is 37.7 Å². The topological polar surface area (TPSA) is 102 Å². The molecule has 10 heteroatoms. The number of amides is 2. The Morgan fingerprint density at radius 1 is 1.10 bits per heavy atom. The SMILES string of the molecule is CN1CCN(S(=O)(=O)c2ccc(NC(=O)C3(C)CC(=O)N=C4C=CC=CN43)cc2)CC1. The van der Waals surface area contributed by atoms with Crippen LogP contribution < -0.4 is 5.32 Å². The van der Waals surface area contributed by atoms with Gasteiger partial charge in [-0.15, -0.1) is 0 Å². The Morgan fingerprint density at radius 3 is 2.45 bits per heavy atom. The average molecular weight is 444 g/mol. The molecule has 1 unspecified atom stereocenters. The summed E-state index contributed by atoms with van der Waals surface area (Å²) in [7, 11) is -1.61. The summed E-state index contributed by atoms with van der Waals surface area (Å²) in [5, 5.41) is 2.81. The highest BCUT2D eigenvalue weighted by atomic mass is 32.2. The van der Waals surface area contributed by atoms with E-state index in [-0.39, 0.29) is 23.1 Å². The van der Waals surface area contributed by atoms with Crippen LogP contribution in [0, 0.1) is 0 Å². The smallest absolute Gasteiger partial charge is 0.250 e. The quantitative estimate of drug-likeness (QED) is 0.746. The van der Waals surface area contributed by atoms with Crippen LogP contribution in [0.3, 0.4) is 0 Å². The van der Waals surface area contributed by atoms with Crippen molar-refractivity contribution < 1.29 is 18.0 Å². The van der Waals surface area contributed by atoms with E-state index in [9.17, 15) is 18.0 Å². The van der Waals surface area contributed by atoms with E-state index < -0.39 is 15.6 Å². The third-order valence-electron chi connectivity index (χ3n) is 5.81. The van der Waals surface area contributed by atoms with Gasteiger partial charge in [-0.05, 0) is 50.4 Å². The molecule has 4 rings (SSSR count). The number of allylic oxidation sites excluding steroid dienone is 2. The summed E-state index contributed by atoms with van der Waals surface area (Å²) in [6.45, 7) is 3.97. The van der Waals surface area contributed by atoms with Crippen LogP contribution in [0.5, 0.6) is 0 Å². The zero-order valence-corrected chi connectivity index (χ0v) is 18.3. The second kappa shape index (κ2) is 8.03. The summed E-state index contributed by atoms with van der Waals surface area (Å²) in [5.74, 6) is -0.314. The summed E-state index contributed by atoms with van der Waals surface area (Å²) in [4.78, 5) is 33.1. The fourth-order valence-corrected chi connectivity index (χ4v) is 5.25. The number of anilines is 1. The van der Waals surface area contributed by atoms with E-state index in [2.05, 4.69) is 15.2 Å². The maximum absolute atomic E-state index is 13.1. The first-order valence-corrected chi connectivity index (χ1v) is 11.5. The van der Waals surface area contributed by atoms with Gasteiger partial charge < -0.3 is 15.1 Å². The largest absolute Gasteiger partial charge is 0.324 e.